The maximum absolute atomic E-state index is 5.27. The average Bonchev–Trinajstić information content (AvgIpc) is 2.47. The van der Waals surface area contributed by atoms with Crippen LogP contribution in [-0.4, -0.2) is 37.1 Å². The minimum absolute atomic E-state index is 0.654. The Balaban J connectivity index is 2.99. The zero-order valence-corrected chi connectivity index (χ0v) is 14.1. The fraction of sp³-hybridized carbons (Fsp3) is 0.529. The lowest BCUT2D eigenvalue weighted by Gasteiger charge is -2.11. The van der Waals surface area contributed by atoms with Crippen molar-refractivity contribution in [3.63, 3.8) is 0 Å². The first-order valence-corrected chi connectivity index (χ1v) is 7.52. The van der Waals surface area contributed by atoms with E-state index < -0.39 is 0 Å². The van der Waals surface area contributed by atoms with E-state index in [1.165, 1.54) is 0 Å². The van der Waals surface area contributed by atoms with Gasteiger partial charge >= 0.3 is 0 Å². The third-order valence-electron chi connectivity index (χ3n) is 3.32. The molecule has 21 heavy (non-hydrogen) atoms. The molecular formula is C17H27N3O. The molecule has 1 aromatic rings. The zero-order valence-electron chi connectivity index (χ0n) is 14.1. The number of benzene rings is 1. The molecule has 4 heteroatoms. The van der Waals surface area contributed by atoms with Crippen molar-refractivity contribution >= 4 is 17.7 Å². The van der Waals surface area contributed by atoms with Gasteiger partial charge in [-0.2, -0.15) is 0 Å². The van der Waals surface area contributed by atoms with Gasteiger partial charge in [-0.15, -0.1) is 0 Å². The van der Waals surface area contributed by atoms with E-state index in [0.29, 0.717) is 6.61 Å². The summed E-state index contributed by atoms with van der Waals surface area (Å²) in [7, 11) is 2.02. The highest BCUT2D eigenvalue weighted by Gasteiger charge is 2.07. The van der Waals surface area contributed by atoms with E-state index in [0.717, 1.165) is 41.1 Å². The van der Waals surface area contributed by atoms with Crippen molar-refractivity contribution in [2.45, 2.75) is 41.0 Å². The lowest BCUT2D eigenvalue weighted by atomic mass is 10.0. The molecule has 0 atom stereocenters. The number of aliphatic imine (C=N–C) groups is 1. The standard InChI is InChI=1S/C17H27N3O/c1-7-9-21-19-15(5)16-10-14(4)17(11-13(16)3)18-12-20(6)8-2/h10-12H,7-9H2,1-6H3. The maximum Gasteiger partial charge on any atom is 0.116 e. The summed E-state index contributed by atoms with van der Waals surface area (Å²) in [6, 6.07) is 4.23. The molecule has 0 bridgehead atoms. The zero-order chi connectivity index (χ0) is 15.8. The molecule has 1 rings (SSSR count). The highest BCUT2D eigenvalue weighted by atomic mass is 16.6. The lowest BCUT2D eigenvalue weighted by Crippen LogP contribution is -2.14. The molecule has 0 saturated carbocycles. The summed E-state index contributed by atoms with van der Waals surface area (Å²) in [4.78, 5) is 11.9. The van der Waals surface area contributed by atoms with Crippen molar-refractivity contribution in [3.8, 4) is 0 Å². The molecule has 1 aromatic carbocycles. The van der Waals surface area contributed by atoms with Gasteiger partial charge in [0.15, 0.2) is 0 Å². The van der Waals surface area contributed by atoms with Crippen LogP contribution in [0.4, 0.5) is 5.69 Å². The molecule has 0 unspecified atom stereocenters. The van der Waals surface area contributed by atoms with Crippen molar-refractivity contribution in [2.24, 2.45) is 10.1 Å². The van der Waals surface area contributed by atoms with Crippen LogP contribution < -0.4 is 0 Å². The number of nitrogens with zero attached hydrogens (tertiary/aromatic N) is 3. The van der Waals surface area contributed by atoms with Crippen molar-refractivity contribution < 1.29 is 4.84 Å². The van der Waals surface area contributed by atoms with Crippen LogP contribution in [0.2, 0.25) is 0 Å². The normalized spacial score (nSPS) is 12.0. The molecule has 0 spiro atoms. The Hall–Kier alpha value is -1.84. The van der Waals surface area contributed by atoms with Gasteiger partial charge in [-0.3, -0.25) is 0 Å². The number of rotatable bonds is 7. The lowest BCUT2D eigenvalue weighted by molar-refractivity contribution is 0.145. The number of hydrogen-bond donors (Lipinski definition) is 0. The Kier molecular flexibility index (Phi) is 6.92. The van der Waals surface area contributed by atoms with Crippen LogP contribution in [0, 0.1) is 13.8 Å². The van der Waals surface area contributed by atoms with E-state index >= 15 is 0 Å². The molecule has 0 saturated heterocycles. The molecule has 0 aliphatic rings. The molecule has 4 nitrogen and oxygen atoms in total. The summed E-state index contributed by atoms with van der Waals surface area (Å²) >= 11 is 0. The quantitative estimate of drug-likeness (QED) is 0.328. The Bertz CT molecular complexity index is 521. The molecule has 0 aliphatic heterocycles. The van der Waals surface area contributed by atoms with Crippen LogP contribution in [0.5, 0.6) is 0 Å². The second-order valence-electron chi connectivity index (χ2n) is 5.28. The summed E-state index contributed by atoms with van der Waals surface area (Å²) in [6.45, 7) is 11.9. The SMILES string of the molecule is CCCON=C(C)c1cc(C)c(N=CN(C)CC)cc1C. The van der Waals surface area contributed by atoms with Crippen molar-refractivity contribution in [2.75, 3.05) is 20.2 Å². The van der Waals surface area contributed by atoms with Crippen LogP contribution in [0.3, 0.4) is 0 Å². The molecule has 0 fully saturated rings. The summed E-state index contributed by atoms with van der Waals surface area (Å²) in [5.74, 6) is 0. The predicted molar refractivity (Wildman–Crippen MR) is 90.8 cm³/mol. The van der Waals surface area contributed by atoms with Crippen LogP contribution in [0.25, 0.3) is 0 Å². The summed E-state index contributed by atoms with van der Waals surface area (Å²) in [5.41, 5.74) is 5.32. The van der Waals surface area contributed by atoms with Gasteiger partial charge in [0, 0.05) is 19.2 Å². The van der Waals surface area contributed by atoms with Gasteiger partial charge in [0.2, 0.25) is 0 Å². The summed E-state index contributed by atoms with van der Waals surface area (Å²) in [6.07, 6.45) is 2.83. The van der Waals surface area contributed by atoms with Crippen LogP contribution in [-0.2, 0) is 4.84 Å². The van der Waals surface area contributed by atoms with E-state index in [4.69, 9.17) is 4.84 Å². The van der Waals surface area contributed by atoms with Gasteiger partial charge in [-0.1, -0.05) is 12.1 Å². The highest BCUT2D eigenvalue weighted by Crippen LogP contribution is 2.23. The van der Waals surface area contributed by atoms with Gasteiger partial charge in [0.1, 0.15) is 6.61 Å². The van der Waals surface area contributed by atoms with Crippen molar-refractivity contribution in [3.05, 3.63) is 28.8 Å². The van der Waals surface area contributed by atoms with E-state index in [9.17, 15) is 0 Å². The van der Waals surface area contributed by atoms with Gasteiger partial charge in [-0.05, 0) is 57.4 Å². The fourth-order valence-electron chi connectivity index (χ4n) is 1.86. The van der Waals surface area contributed by atoms with E-state index in [1.54, 1.807) is 0 Å². The first kappa shape index (κ1) is 17.2. The van der Waals surface area contributed by atoms with Gasteiger partial charge in [0.25, 0.3) is 0 Å². The Morgan fingerprint density at radius 1 is 1.24 bits per heavy atom. The van der Waals surface area contributed by atoms with Gasteiger partial charge in [0.05, 0.1) is 17.7 Å². The largest absolute Gasteiger partial charge is 0.396 e. The molecule has 0 N–H and O–H groups in total. The van der Waals surface area contributed by atoms with Gasteiger partial charge in [-0.25, -0.2) is 4.99 Å². The fourth-order valence-corrected chi connectivity index (χ4v) is 1.86. The topological polar surface area (TPSA) is 37.2 Å². The Labute approximate surface area is 128 Å². The second kappa shape index (κ2) is 8.45. The minimum atomic E-state index is 0.654. The molecule has 116 valence electrons. The average molecular weight is 289 g/mol. The second-order valence-corrected chi connectivity index (χ2v) is 5.28. The third kappa shape index (κ3) is 5.21. The molecule has 0 amide bonds. The Morgan fingerprint density at radius 2 is 1.95 bits per heavy atom. The number of hydrogen-bond acceptors (Lipinski definition) is 3. The number of aryl methyl sites for hydroxylation is 2. The summed E-state index contributed by atoms with van der Waals surface area (Å²) in [5, 5.41) is 4.17. The third-order valence-corrected chi connectivity index (χ3v) is 3.32. The first-order chi connectivity index (χ1) is 9.99. The predicted octanol–water partition coefficient (Wildman–Crippen LogP) is 4.07. The minimum Gasteiger partial charge on any atom is -0.396 e. The summed E-state index contributed by atoms with van der Waals surface area (Å²) < 4.78 is 0. The van der Waals surface area contributed by atoms with Gasteiger partial charge < -0.3 is 9.74 Å². The molecule has 0 heterocycles. The van der Waals surface area contributed by atoms with Crippen molar-refractivity contribution in [1.29, 1.82) is 0 Å². The molecule has 0 radical (unpaired) electrons. The molecule has 0 aromatic heterocycles. The Morgan fingerprint density at radius 3 is 2.57 bits per heavy atom. The van der Waals surface area contributed by atoms with E-state index in [-0.39, 0.29) is 0 Å². The highest BCUT2D eigenvalue weighted by molar-refractivity contribution is 6.00. The van der Waals surface area contributed by atoms with E-state index in [1.807, 2.05) is 25.2 Å². The van der Waals surface area contributed by atoms with Crippen LogP contribution >= 0.6 is 0 Å². The van der Waals surface area contributed by atoms with Crippen LogP contribution in [0.1, 0.15) is 43.9 Å². The number of oxime groups is 1. The van der Waals surface area contributed by atoms with Crippen LogP contribution in [0.15, 0.2) is 22.3 Å². The van der Waals surface area contributed by atoms with E-state index in [2.05, 4.69) is 50.0 Å². The molecule has 0 aliphatic carbocycles. The molecular weight excluding hydrogens is 262 g/mol. The monoisotopic (exact) mass is 289 g/mol. The maximum atomic E-state index is 5.27. The van der Waals surface area contributed by atoms with Crippen molar-refractivity contribution in [1.82, 2.24) is 4.90 Å². The smallest absolute Gasteiger partial charge is 0.116 e. The first-order valence-electron chi connectivity index (χ1n) is 7.52.